The molecule has 10 aromatic rings. The van der Waals surface area contributed by atoms with E-state index in [1.807, 2.05) is 66.7 Å². The second kappa shape index (κ2) is 11.4. The Labute approximate surface area is 287 Å². The predicted molar refractivity (Wildman–Crippen MR) is 203 cm³/mol. The number of hydrogen-bond acceptors (Lipinski definition) is 4. The molecule has 0 aliphatic carbocycles. The maximum absolute atomic E-state index is 6.80. The summed E-state index contributed by atoms with van der Waals surface area (Å²) >= 11 is 0. The average Bonchev–Trinajstić information content (AvgIpc) is 3.72. The second-order valence-electron chi connectivity index (χ2n) is 12.5. The quantitative estimate of drug-likeness (QED) is 0.188. The Morgan fingerprint density at radius 2 is 0.960 bits per heavy atom. The van der Waals surface area contributed by atoms with Gasteiger partial charge in [0, 0.05) is 44.4 Å². The van der Waals surface area contributed by atoms with E-state index in [2.05, 4.69) is 108 Å². The molecule has 0 amide bonds. The lowest BCUT2D eigenvalue weighted by Crippen LogP contribution is -2.00. The molecular weight excluding hydrogens is 613 g/mol. The van der Waals surface area contributed by atoms with E-state index in [4.69, 9.17) is 19.4 Å². The molecule has 234 valence electrons. The van der Waals surface area contributed by atoms with Gasteiger partial charge in [-0.2, -0.15) is 0 Å². The summed E-state index contributed by atoms with van der Waals surface area (Å²) in [5.74, 6) is 1.80. The number of furan rings is 1. The minimum atomic E-state index is 0.569. The predicted octanol–water partition coefficient (Wildman–Crippen LogP) is 11.5. The Hall–Kier alpha value is -6.85. The van der Waals surface area contributed by atoms with Gasteiger partial charge in [0.15, 0.2) is 17.5 Å². The number of para-hydroxylation sites is 2. The number of rotatable bonds is 5. The summed E-state index contributed by atoms with van der Waals surface area (Å²) in [6.07, 6.45) is 0. The van der Waals surface area contributed by atoms with Crippen LogP contribution in [0.4, 0.5) is 0 Å². The third-order valence-electron chi connectivity index (χ3n) is 9.44. The first-order chi connectivity index (χ1) is 24.8. The van der Waals surface area contributed by atoms with Gasteiger partial charge in [-0.15, -0.1) is 0 Å². The number of aromatic nitrogens is 4. The van der Waals surface area contributed by atoms with Gasteiger partial charge in [0.1, 0.15) is 11.2 Å². The maximum atomic E-state index is 6.80. The van der Waals surface area contributed by atoms with Crippen molar-refractivity contribution in [2.24, 2.45) is 0 Å². The molecule has 0 aliphatic heterocycles. The van der Waals surface area contributed by atoms with Gasteiger partial charge in [-0.05, 0) is 41.5 Å². The highest BCUT2D eigenvalue weighted by Crippen LogP contribution is 2.41. The first kappa shape index (κ1) is 28.2. The van der Waals surface area contributed by atoms with Gasteiger partial charge in [-0.3, -0.25) is 0 Å². The molecular formula is C45H28N4O. The first-order valence-corrected chi connectivity index (χ1v) is 16.7. The minimum Gasteiger partial charge on any atom is -0.455 e. The fraction of sp³-hybridized carbons (Fsp3) is 0. The van der Waals surface area contributed by atoms with Gasteiger partial charge in [0.25, 0.3) is 0 Å². The van der Waals surface area contributed by atoms with Crippen LogP contribution in [0, 0.1) is 0 Å². The lowest BCUT2D eigenvalue weighted by atomic mass is 10.1. The monoisotopic (exact) mass is 640 g/mol. The average molecular weight is 641 g/mol. The molecule has 0 radical (unpaired) electrons. The van der Waals surface area contributed by atoms with Crippen molar-refractivity contribution in [2.75, 3.05) is 0 Å². The van der Waals surface area contributed by atoms with Crippen LogP contribution in [0.2, 0.25) is 0 Å². The molecule has 0 fully saturated rings. The topological polar surface area (TPSA) is 56.7 Å². The summed E-state index contributed by atoms with van der Waals surface area (Å²) in [5, 5.41) is 4.43. The number of benzene rings is 7. The van der Waals surface area contributed by atoms with E-state index in [9.17, 15) is 0 Å². The second-order valence-corrected chi connectivity index (χ2v) is 12.5. The molecule has 0 unspecified atom stereocenters. The molecule has 7 aromatic carbocycles. The largest absolute Gasteiger partial charge is 0.455 e. The van der Waals surface area contributed by atoms with Gasteiger partial charge in [0.2, 0.25) is 0 Å². The number of hydrogen-bond donors (Lipinski definition) is 0. The van der Waals surface area contributed by atoms with Crippen LogP contribution >= 0.6 is 0 Å². The fourth-order valence-corrected chi connectivity index (χ4v) is 7.10. The molecule has 0 atom stereocenters. The molecule has 0 N–H and O–H groups in total. The van der Waals surface area contributed by atoms with Crippen LogP contribution in [0.3, 0.4) is 0 Å². The molecule has 0 bridgehead atoms. The Bertz CT molecular complexity index is 2800. The van der Waals surface area contributed by atoms with E-state index in [1.165, 1.54) is 21.9 Å². The Morgan fingerprint density at radius 3 is 1.68 bits per heavy atom. The Kier molecular flexibility index (Phi) is 6.42. The highest BCUT2D eigenvalue weighted by molar-refractivity contribution is 6.18. The van der Waals surface area contributed by atoms with Crippen LogP contribution in [0.5, 0.6) is 0 Å². The van der Waals surface area contributed by atoms with Crippen molar-refractivity contribution in [3.8, 4) is 51.0 Å². The maximum Gasteiger partial charge on any atom is 0.167 e. The number of fused-ring (bicyclic) bond motifs is 6. The van der Waals surface area contributed by atoms with E-state index in [-0.39, 0.29) is 0 Å². The summed E-state index contributed by atoms with van der Waals surface area (Å²) in [4.78, 5) is 14.9. The van der Waals surface area contributed by atoms with Crippen LogP contribution in [-0.4, -0.2) is 19.5 Å². The van der Waals surface area contributed by atoms with Crippen molar-refractivity contribution in [3.05, 3.63) is 170 Å². The SMILES string of the molecule is c1ccc(-c2cccc(-n3c4ccccc4c4cc5c(cc43)oc3c(-c4nc(-c6ccccc6)nc(-c6ccccc6)n4)cccc35)c2)cc1. The zero-order valence-corrected chi connectivity index (χ0v) is 26.9. The van der Waals surface area contributed by atoms with E-state index in [0.29, 0.717) is 17.5 Å². The highest BCUT2D eigenvalue weighted by atomic mass is 16.3. The number of nitrogens with zero attached hydrogens (tertiary/aromatic N) is 4. The smallest absolute Gasteiger partial charge is 0.167 e. The summed E-state index contributed by atoms with van der Waals surface area (Å²) in [7, 11) is 0. The molecule has 0 saturated heterocycles. The molecule has 10 rings (SSSR count). The normalized spacial score (nSPS) is 11.6. The van der Waals surface area contributed by atoms with Gasteiger partial charge >= 0.3 is 0 Å². The molecule has 50 heavy (non-hydrogen) atoms. The van der Waals surface area contributed by atoms with Crippen molar-refractivity contribution >= 4 is 43.7 Å². The summed E-state index contributed by atoms with van der Waals surface area (Å²) in [6.45, 7) is 0. The van der Waals surface area contributed by atoms with Crippen LogP contribution in [0.1, 0.15) is 0 Å². The lowest BCUT2D eigenvalue weighted by Gasteiger charge is -2.10. The zero-order valence-electron chi connectivity index (χ0n) is 26.9. The van der Waals surface area contributed by atoms with E-state index < -0.39 is 0 Å². The third kappa shape index (κ3) is 4.60. The van der Waals surface area contributed by atoms with Gasteiger partial charge in [-0.1, -0.05) is 133 Å². The van der Waals surface area contributed by atoms with E-state index in [0.717, 1.165) is 55.3 Å². The molecule has 0 aliphatic rings. The van der Waals surface area contributed by atoms with Gasteiger partial charge < -0.3 is 8.98 Å². The van der Waals surface area contributed by atoms with Crippen LogP contribution in [-0.2, 0) is 0 Å². The van der Waals surface area contributed by atoms with E-state index in [1.54, 1.807) is 0 Å². The lowest BCUT2D eigenvalue weighted by molar-refractivity contribution is 0.670. The van der Waals surface area contributed by atoms with Crippen molar-refractivity contribution < 1.29 is 4.42 Å². The molecule has 3 aromatic heterocycles. The molecule has 5 heteroatoms. The van der Waals surface area contributed by atoms with Crippen LogP contribution in [0.25, 0.3) is 94.7 Å². The van der Waals surface area contributed by atoms with Crippen molar-refractivity contribution in [2.45, 2.75) is 0 Å². The third-order valence-corrected chi connectivity index (χ3v) is 9.44. The zero-order chi connectivity index (χ0) is 33.0. The summed E-state index contributed by atoms with van der Waals surface area (Å²) in [6, 6.07) is 58.6. The summed E-state index contributed by atoms with van der Waals surface area (Å²) in [5.41, 5.74) is 9.93. The Balaban J connectivity index is 1.20. The van der Waals surface area contributed by atoms with Gasteiger partial charge in [-0.25, -0.2) is 15.0 Å². The molecule has 5 nitrogen and oxygen atoms in total. The summed E-state index contributed by atoms with van der Waals surface area (Å²) < 4.78 is 9.15. The van der Waals surface area contributed by atoms with Crippen LogP contribution < -0.4 is 0 Å². The standard InChI is InChI=1S/C45H28N4O/c1-4-14-29(15-5-1)32-20-12-21-33(26-32)49-39-25-11-10-22-34(39)37-27-38-35-23-13-24-36(42(35)50-41(38)28-40(37)49)45-47-43(30-16-6-2-7-17-30)46-44(48-45)31-18-8-3-9-19-31/h1-28H. The minimum absolute atomic E-state index is 0.569. The molecule has 3 heterocycles. The highest BCUT2D eigenvalue weighted by Gasteiger charge is 2.20. The van der Waals surface area contributed by atoms with Gasteiger partial charge in [0.05, 0.1) is 16.6 Å². The fourth-order valence-electron chi connectivity index (χ4n) is 7.10. The first-order valence-electron chi connectivity index (χ1n) is 16.7. The van der Waals surface area contributed by atoms with Crippen molar-refractivity contribution in [1.29, 1.82) is 0 Å². The Morgan fingerprint density at radius 1 is 0.380 bits per heavy atom. The van der Waals surface area contributed by atoms with Crippen molar-refractivity contribution in [1.82, 2.24) is 19.5 Å². The molecule has 0 saturated carbocycles. The molecule has 0 spiro atoms. The van der Waals surface area contributed by atoms with Crippen molar-refractivity contribution in [3.63, 3.8) is 0 Å². The van der Waals surface area contributed by atoms with E-state index >= 15 is 0 Å². The van der Waals surface area contributed by atoms with Crippen LogP contribution in [0.15, 0.2) is 174 Å².